The van der Waals surface area contributed by atoms with E-state index in [1.165, 1.54) is 0 Å². The monoisotopic (exact) mass is 458 g/mol. The van der Waals surface area contributed by atoms with Gasteiger partial charge in [0.25, 0.3) is 5.91 Å². The van der Waals surface area contributed by atoms with Crippen LogP contribution in [0.3, 0.4) is 0 Å². The third-order valence-corrected chi connectivity index (χ3v) is 6.49. The molecule has 0 bridgehead atoms. The molecule has 4 rings (SSSR count). The number of nitrogens with zero attached hydrogens (tertiary/aromatic N) is 1. The van der Waals surface area contributed by atoms with Gasteiger partial charge >= 0.3 is 6.09 Å². The zero-order valence-corrected chi connectivity index (χ0v) is 19.4. The number of aliphatic hydroxyl groups is 1. The first kappa shape index (κ1) is 23.7. The summed E-state index contributed by atoms with van der Waals surface area (Å²) in [5, 5.41) is 14.3. The fourth-order valence-corrected chi connectivity index (χ4v) is 4.50. The smallest absolute Gasteiger partial charge is 0.417 e. The highest BCUT2D eigenvalue weighted by molar-refractivity contribution is 5.99. The molecule has 0 radical (unpaired) electrons. The number of imide groups is 1. The van der Waals surface area contributed by atoms with Crippen LogP contribution in [0.1, 0.15) is 36.6 Å². The van der Waals surface area contributed by atoms with Gasteiger partial charge in [0.05, 0.1) is 12.1 Å². The number of amides is 2. The number of nitrogens with one attached hydrogen (secondary N) is 1. The number of hydrogen-bond donors (Lipinski definition) is 2. The number of carbonyl (C=O) groups is 2. The van der Waals surface area contributed by atoms with E-state index in [4.69, 9.17) is 4.74 Å². The van der Waals surface area contributed by atoms with E-state index in [1.54, 1.807) is 13.8 Å². The first-order valence-corrected chi connectivity index (χ1v) is 11.5. The molecule has 2 unspecified atom stereocenters. The Morgan fingerprint density at radius 1 is 0.971 bits per heavy atom. The van der Waals surface area contributed by atoms with Gasteiger partial charge in [-0.05, 0) is 30.5 Å². The molecule has 1 heterocycles. The summed E-state index contributed by atoms with van der Waals surface area (Å²) < 4.78 is 5.64. The van der Waals surface area contributed by atoms with E-state index in [9.17, 15) is 14.7 Å². The number of cyclic esters (lactones) is 1. The first-order valence-electron chi connectivity index (χ1n) is 11.5. The number of carbonyl (C=O) groups excluding carboxylic acids is 2. The third-order valence-electron chi connectivity index (χ3n) is 6.49. The molecule has 2 amide bonds. The Labute approximate surface area is 200 Å². The molecule has 1 aliphatic heterocycles. The van der Waals surface area contributed by atoms with Crippen LogP contribution >= 0.6 is 0 Å². The van der Waals surface area contributed by atoms with Crippen LogP contribution in [0.5, 0.6) is 0 Å². The van der Waals surface area contributed by atoms with Gasteiger partial charge in [-0.2, -0.15) is 0 Å². The van der Waals surface area contributed by atoms with Gasteiger partial charge < -0.3 is 9.84 Å². The van der Waals surface area contributed by atoms with Crippen LogP contribution in [0, 0.1) is 0 Å². The highest BCUT2D eigenvalue weighted by Gasteiger charge is 2.53. The average molecular weight is 459 g/mol. The maximum atomic E-state index is 14.1. The van der Waals surface area contributed by atoms with Crippen molar-refractivity contribution < 1.29 is 19.4 Å². The maximum absolute atomic E-state index is 14.1. The molecular formula is C28H30N2O4. The van der Waals surface area contributed by atoms with Gasteiger partial charge in [-0.1, -0.05) is 91.0 Å². The molecular weight excluding hydrogens is 428 g/mol. The minimum atomic E-state index is -1.43. The largest absolute Gasteiger partial charge is 0.439 e. The normalized spacial score (nSPS) is 20.4. The Kier molecular flexibility index (Phi) is 7.10. The van der Waals surface area contributed by atoms with Gasteiger partial charge in [-0.25, -0.2) is 9.69 Å². The van der Waals surface area contributed by atoms with E-state index in [-0.39, 0.29) is 6.42 Å². The lowest BCUT2D eigenvalue weighted by atomic mass is 9.83. The average Bonchev–Trinajstić information content (AvgIpc) is 3.16. The number of ether oxygens (including phenoxy) is 1. The Hall–Kier alpha value is -3.48. The van der Waals surface area contributed by atoms with E-state index >= 15 is 0 Å². The molecule has 1 aliphatic rings. The van der Waals surface area contributed by atoms with E-state index in [0.717, 1.165) is 21.6 Å². The van der Waals surface area contributed by atoms with Crippen LogP contribution in [0.25, 0.3) is 0 Å². The summed E-state index contributed by atoms with van der Waals surface area (Å²) in [6, 6.07) is 28.0. The Bertz CT molecular complexity index is 1110. The molecule has 3 aromatic rings. The summed E-state index contributed by atoms with van der Waals surface area (Å²) in [6.07, 6.45) is -2.15. The molecule has 6 nitrogen and oxygen atoms in total. The molecule has 0 spiro atoms. The number of benzene rings is 3. The second-order valence-corrected chi connectivity index (χ2v) is 8.78. The summed E-state index contributed by atoms with van der Waals surface area (Å²) in [5.74, 6) is -0.502. The van der Waals surface area contributed by atoms with Crippen molar-refractivity contribution in [2.75, 3.05) is 0 Å². The second-order valence-electron chi connectivity index (χ2n) is 8.78. The summed E-state index contributed by atoms with van der Waals surface area (Å²) in [4.78, 5) is 28.3. The fourth-order valence-electron chi connectivity index (χ4n) is 4.50. The molecule has 34 heavy (non-hydrogen) atoms. The molecule has 0 saturated carbocycles. The maximum Gasteiger partial charge on any atom is 0.417 e. The lowest BCUT2D eigenvalue weighted by molar-refractivity contribution is -0.141. The number of aliphatic hydroxyl groups excluding tert-OH is 1. The molecule has 0 aromatic heterocycles. The SMILES string of the molecule is CC(O)C(Cc1ccccc1)(NCc1ccccc1)C(=O)N1C(=O)O[C@@H](c2ccccc2)[C@H]1C. The predicted molar refractivity (Wildman–Crippen MR) is 130 cm³/mol. The first-order chi connectivity index (χ1) is 16.4. The summed E-state index contributed by atoms with van der Waals surface area (Å²) in [6.45, 7) is 3.73. The minimum Gasteiger partial charge on any atom is -0.439 e. The van der Waals surface area contributed by atoms with Gasteiger partial charge in [-0.3, -0.25) is 10.1 Å². The molecule has 3 aromatic carbocycles. The molecule has 6 heteroatoms. The van der Waals surface area contributed by atoms with Crippen molar-refractivity contribution in [2.24, 2.45) is 0 Å². The Balaban J connectivity index is 1.69. The Morgan fingerprint density at radius 2 is 1.50 bits per heavy atom. The van der Waals surface area contributed by atoms with E-state index in [1.807, 2.05) is 91.0 Å². The van der Waals surface area contributed by atoms with Crippen molar-refractivity contribution in [2.45, 2.75) is 50.6 Å². The van der Waals surface area contributed by atoms with Gasteiger partial charge in [0, 0.05) is 13.0 Å². The van der Waals surface area contributed by atoms with Crippen molar-refractivity contribution in [1.29, 1.82) is 0 Å². The summed E-state index contributed by atoms with van der Waals surface area (Å²) in [5.41, 5.74) is 1.22. The van der Waals surface area contributed by atoms with Gasteiger partial charge in [0.1, 0.15) is 11.6 Å². The van der Waals surface area contributed by atoms with Crippen molar-refractivity contribution in [1.82, 2.24) is 10.2 Å². The van der Waals surface area contributed by atoms with Crippen LogP contribution in [-0.4, -0.2) is 39.7 Å². The molecule has 1 saturated heterocycles. The zero-order valence-electron chi connectivity index (χ0n) is 19.4. The lowest BCUT2D eigenvalue weighted by Crippen LogP contribution is -2.66. The quantitative estimate of drug-likeness (QED) is 0.528. The van der Waals surface area contributed by atoms with Crippen LogP contribution in [0.15, 0.2) is 91.0 Å². The Morgan fingerprint density at radius 3 is 2.06 bits per heavy atom. The fraction of sp³-hybridized carbons (Fsp3) is 0.286. The minimum absolute atomic E-state index is 0.212. The third kappa shape index (κ3) is 4.74. The van der Waals surface area contributed by atoms with Gasteiger partial charge in [-0.15, -0.1) is 0 Å². The van der Waals surface area contributed by atoms with Crippen molar-refractivity contribution in [3.05, 3.63) is 108 Å². The predicted octanol–water partition coefficient (Wildman–Crippen LogP) is 4.25. The topological polar surface area (TPSA) is 78.9 Å². The molecule has 2 N–H and O–H groups in total. The molecule has 0 aliphatic carbocycles. The second kappa shape index (κ2) is 10.2. The molecule has 176 valence electrons. The van der Waals surface area contributed by atoms with Crippen LogP contribution in [0.4, 0.5) is 4.79 Å². The summed E-state index contributed by atoms with van der Waals surface area (Å²) in [7, 11) is 0. The highest BCUT2D eigenvalue weighted by Crippen LogP contribution is 2.35. The van der Waals surface area contributed by atoms with Gasteiger partial charge in [0.15, 0.2) is 0 Å². The van der Waals surface area contributed by atoms with Crippen LogP contribution < -0.4 is 5.32 Å². The van der Waals surface area contributed by atoms with Gasteiger partial charge in [0.2, 0.25) is 0 Å². The number of hydrogen-bond acceptors (Lipinski definition) is 5. The van der Waals surface area contributed by atoms with Crippen molar-refractivity contribution >= 4 is 12.0 Å². The van der Waals surface area contributed by atoms with E-state index in [2.05, 4.69) is 5.32 Å². The van der Waals surface area contributed by atoms with E-state index in [0.29, 0.717) is 6.54 Å². The zero-order chi connectivity index (χ0) is 24.1. The molecule has 1 fully saturated rings. The molecule has 4 atom stereocenters. The number of rotatable bonds is 8. The van der Waals surface area contributed by atoms with E-state index < -0.39 is 35.8 Å². The van der Waals surface area contributed by atoms with Crippen LogP contribution in [-0.2, 0) is 22.5 Å². The summed E-state index contributed by atoms with van der Waals surface area (Å²) >= 11 is 0. The van der Waals surface area contributed by atoms with Crippen molar-refractivity contribution in [3.63, 3.8) is 0 Å². The van der Waals surface area contributed by atoms with Crippen molar-refractivity contribution in [3.8, 4) is 0 Å². The van der Waals surface area contributed by atoms with Crippen LogP contribution in [0.2, 0.25) is 0 Å². The standard InChI is InChI=1S/C28H30N2O4/c1-20-25(24-16-10-5-11-17-24)34-27(33)30(20)26(32)28(21(2)31,18-22-12-6-3-7-13-22)29-19-23-14-8-4-9-15-23/h3-17,20-21,25,29,31H,18-19H2,1-2H3/t20-,21?,25-,28?/m1/s1. The lowest BCUT2D eigenvalue weighted by Gasteiger charge is -2.39. The highest BCUT2D eigenvalue weighted by atomic mass is 16.6.